The van der Waals surface area contributed by atoms with Crippen molar-refractivity contribution in [2.45, 2.75) is 37.8 Å². The average molecular weight is 880 g/mol. The number of benzene rings is 3. The number of aromatic hydroxyl groups is 1. The van der Waals surface area contributed by atoms with Gasteiger partial charge in [-0.2, -0.15) is 23.6 Å². The van der Waals surface area contributed by atoms with E-state index in [1.807, 2.05) is 6.92 Å². The van der Waals surface area contributed by atoms with Crippen LogP contribution in [0.15, 0.2) is 67.8 Å². The molecule has 1 aliphatic heterocycles. The Hall–Kier alpha value is -4.29. The van der Waals surface area contributed by atoms with Gasteiger partial charge in [0.15, 0.2) is 6.10 Å². The smallest absolute Gasteiger partial charge is 0.312 e. The molecule has 1 fully saturated rings. The number of hydrogen-bond donors (Lipinski definition) is 3. The van der Waals surface area contributed by atoms with Crippen LogP contribution in [0.25, 0.3) is 0 Å². The first-order chi connectivity index (χ1) is 26.6. The monoisotopic (exact) mass is 878 g/mol. The molecule has 2 amide bonds. The lowest BCUT2D eigenvalue weighted by Crippen LogP contribution is -2.30. The Bertz CT molecular complexity index is 1630. The molecule has 0 saturated carbocycles. The largest absolute Gasteiger partial charge is 0.506 e. The molecule has 0 bridgehead atoms. The molecule has 1 aliphatic rings. The lowest BCUT2D eigenvalue weighted by molar-refractivity contribution is -0.122. The molecule has 1 saturated heterocycles. The van der Waals surface area contributed by atoms with Crippen LogP contribution in [0.2, 0.25) is 5.02 Å². The summed E-state index contributed by atoms with van der Waals surface area (Å²) in [5, 5.41) is 15.4. The van der Waals surface area contributed by atoms with Crippen molar-refractivity contribution in [3.63, 3.8) is 0 Å². The number of halogens is 9. The molecule has 2 unspecified atom stereocenters. The van der Waals surface area contributed by atoms with Gasteiger partial charge in [0.2, 0.25) is 13.7 Å². The summed E-state index contributed by atoms with van der Waals surface area (Å²) in [5.41, 5.74) is -0.127. The second-order valence-corrected chi connectivity index (χ2v) is 11.6. The van der Waals surface area contributed by atoms with Crippen LogP contribution in [0.5, 0.6) is 28.7 Å². The fourth-order valence-corrected chi connectivity index (χ4v) is 4.10. The molecule has 3 aromatic rings. The summed E-state index contributed by atoms with van der Waals surface area (Å²) < 4.78 is 96.0. The lowest BCUT2D eigenvalue weighted by Gasteiger charge is -2.17. The van der Waals surface area contributed by atoms with Gasteiger partial charge in [0.25, 0.3) is 11.8 Å². The summed E-state index contributed by atoms with van der Waals surface area (Å²) in [6.45, 7) is 9.15. The molecule has 0 radical (unpaired) electrons. The molecule has 56 heavy (non-hydrogen) atoms. The summed E-state index contributed by atoms with van der Waals surface area (Å²) in [6.07, 6.45) is 0.148. The van der Waals surface area contributed by atoms with Crippen LogP contribution in [0.4, 0.5) is 37.7 Å². The van der Waals surface area contributed by atoms with E-state index in [2.05, 4.69) is 51.7 Å². The maximum absolute atomic E-state index is 12.8. The summed E-state index contributed by atoms with van der Waals surface area (Å²) in [4.78, 5) is 25.4. The van der Waals surface area contributed by atoms with Crippen LogP contribution in [0.3, 0.4) is 0 Å². The van der Waals surface area contributed by atoms with Crippen molar-refractivity contribution in [2.24, 2.45) is 0 Å². The average Bonchev–Trinajstić information content (AvgIpc) is 3.97. The first-order valence-corrected chi connectivity index (χ1v) is 18.2. The van der Waals surface area contributed by atoms with Gasteiger partial charge in [-0.3, -0.25) is 9.59 Å². The van der Waals surface area contributed by atoms with Gasteiger partial charge >= 0.3 is 11.8 Å². The van der Waals surface area contributed by atoms with Crippen molar-refractivity contribution in [1.82, 2.24) is 0 Å². The Morgan fingerprint density at radius 1 is 0.929 bits per heavy atom. The number of nitrogens with one attached hydrogen (secondary N) is 2. The van der Waals surface area contributed by atoms with Crippen molar-refractivity contribution in [3.8, 4) is 34.7 Å². The van der Waals surface area contributed by atoms with E-state index in [1.54, 1.807) is 24.3 Å². The SMILES string of the molecule is C#[Si]COCC1CO1.C=C.CCOc1ccc(OC(C)C(=O)Nc2cc(O)c(NC(=O)c3ccc(OCF)cc3OCF)cc2Cl)cc1.FC(F)Cl.FC(F)Cl. The second kappa shape index (κ2) is 29.9. The van der Waals surface area contributed by atoms with Crippen LogP contribution >= 0.6 is 34.8 Å². The number of amides is 2. The van der Waals surface area contributed by atoms with Crippen LogP contribution < -0.4 is 29.6 Å². The van der Waals surface area contributed by atoms with Gasteiger partial charge in [-0.05, 0) is 56.3 Å². The van der Waals surface area contributed by atoms with Crippen LogP contribution in [-0.2, 0) is 14.3 Å². The third-order valence-electron chi connectivity index (χ3n) is 5.93. The van der Waals surface area contributed by atoms with Crippen molar-refractivity contribution < 1.29 is 69.5 Å². The minimum absolute atomic E-state index is 0.00615. The number of alkyl halides is 8. The molecule has 3 aromatic carbocycles. The quantitative estimate of drug-likeness (QED) is 0.0260. The van der Waals surface area contributed by atoms with E-state index in [0.717, 1.165) is 25.3 Å². The Morgan fingerprint density at radius 3 is 2.00 bits per heavy atom. The number of epoxide rings is 1. The Morgan fingerprint density at radius 2 is 1.48 bits per heavy atom. The summed E-state index contributed by atoms with van der Waals surface area (Å²) >= 11 is 14.1. The van der Waals surface area contributed by atoms with E-state index < -0.39 is 49.2 Å². The van der Waals surface area contributed by atoms with Gasteiger partial charge in [-0.15, -0.1) is 13.2 Å². The van der Waals surface area contributed by atoms with Gasteiger partial charge in [-0.25, -0.2) is 8.78 Å². The summed E-state index contributed by atoms with van der Waals surface area (Å²) in [7, 11) is 0.407. The van der Waals surface area contributed by atoms with Gasteiger partial charge in [0, 0.05) is 21.1 Å². The minimum Gasteiger partial charge on any atom is -0.506 e. The predicted octanol–water partition coefficient (Wildman–Crippen LogP) is 9.06. The number of carbonyl (C=O) groups is 2. The molecule has 310 valence electrons. The normalized spacial score (nSPS) is 12.5. The molecule has 0 aromatic heterocycles. The summed E-state index contributed by atoms with van der Waals surface area (Å²) in [5.74, 6) is -6.18. The number of ether oxygens (including phenoxy) is 6. The van der Waals surface area contributed by atoms with E-state index in [-0.39, 0.29) is 33.5 Å². The zero-order valence-corrected chi connectivity index (χ0v) is 33.1. The third kappa shape index (κ3) is 22.9. The first-order valence-electron chi connectivity index (χ1n) is 15.7. The first kappa shape index (κ1) is 51.7. The Labute approximate surface area is 336 Å². The van der Waals surface area contributed by atoms with Crippen molar-refractivity contribution >= 4 is 67.0 Å². The fourth-order valence-electron chi connectivity index (χ4n) is 3.66. The lowest BCUT2D eigenvalue weighted by atomic mass is 10.1. The van der Waals surface area contributed by atoms with E-state index in [1.165, 1.54) is 25.1 Å². The van der Waals surface area contributed by atoms with E-state index in [0.29, 0.717) is 39.4 Å². The van der Waals surface area contributed by atoms with E-state index in [4.69, 9.17) is 41.3 Å². The van der Waals surface area contributed by atoms with Gasteiger partial charge in [-0.1, -0.05) is 34.8 Å². The van der Waals surface area contributed by atoms with Gasteiger partial charge in [0.1, 0.15) is 34.9 Å². The molecule has 3 N–H and O–H groups in total. The predicted molar refractivity (Wildman–Crippen MR) is 203 cm³/mol. The number of rotatable bonds is 15. The zero-order valence-electron chi connectivity index (χ0n) is 29.9. The standard InChI is InChI=1S/C26H25ClF2N2O7.C5H8O2Si.C2H4.2CHClF2/c1-3-35-16-4-6-17(7-5-16)38-15(2)25(33)30-21-12-23(32)22(11-20(21)27)31-26(34)19-9-8-18(36-13-28)10-24(19)37-14-29;1-8-4-6-2-5-3-7-5;1-2;2*2-1(3)4/h4-12,15,32H,3,13-14H2,1-2H3,(H,30,33)(H,31,34);1,5H,2-4H2;1-2H2;2*1H. The molecule has 1 heterocycles. The molecule has 2 atom stereocenters. The highest BCUT2D eigenvalue weighted by Crippen LogP contribution is 2.35. The number of phenolic OH excluding ortho intramolecular Hbond substituents is 1. The maximum atomic E-state index is 12.8. The fraction of sp³-hybridized carbons (Fsp3) is 0.343. The topological polar surface area (TPSA) is 137 Å². The van der Waals surface area contributed by atoms with Crippen molar-refractivity contribution in [3.05, 3.63) is 78.3 Å². The highest BCUT2D eigenvalue weighted by Gasteiger charge is 2.22. The molecular weight excluding hydrogens is 841 g/mol. The summed E-state index contributed by atoms with van der Waals surface area (Å²) in [6, 6.07) is 18.0. The van der Waals surface area contributed by atoms with Gasteiger partial charge in [0.05, 0.1) is 48.0 Å². The van der Waals surface area contributed by atoms with E-state index in [9.17, 15) is 41.0 Å². The van der Waals surface area contributed by atoms with E-state index >= 15 is 0 Å². The molecule has 0 aliphatic carbocycles. The van der Waals surface area contributed by atoms with Crippen LogP contribution in [0.1, 0.15) is 24.2 Å². The molecular formula is C35H39Cl3F6N2O9Si. The zero-order chi connectivity index (χ0) is 42.6. The number of phenols is 1. The second-order valence-electron chi connectivity index (χ2n) is 9.79. The molecule has 0 spiro atoms. The van der Waals surface area contributed by atoms with Crippen molar-refractivity contribution in [1.29, 1.82) is 0 Å². The van der Waals surface area contributed by atoms with Crippen molar-refractivity contribution in [2.75, 3.05) is 50.4 Å². The highest BCUT2D eigenvalue weighted by atomic mass is 35.5. The maximum Gasteiger partial charge on any atom is 0.312 e. The Kier molecular flexibility index (Phi) is 27.6. The van der Waals surface area contributed by atoms with Crippen LogP contribution in [-0.4, -0.2) is 89.6 Å². The number of hydrogen-bond acceptors (Lipinski definition) is 9. The highest BCUT2D eigenvalue weighted by molar-refractivity contribution is 6.34. The van der Waals surface area contributed by atoms with Gasteiger partial charge < -0.3 is 44.2 Å². The molecule has 4 rings (SSSR count). The number of carbonyl (C=O) groups excluding carboxylic acids is 2. The number of anilines is 2. The molecule has 11 nitrogen and oxygen atoms in total. The molecule has 21 heteroatoms. The Balaban J connectivity index is 0.00000139. The minimum atomic E-state index is -2.69. The van der Waals surface area contributed by atoms with Crippen LogP contribution in [0, 0.1) is 6.00 Å². The third-order valence-corrected chi connectivity index (χ3v) is 6.61.